The Morgan fingerprint density at radius 2 is 1.78 bits per heavy atom. The maximum Gasteiger partial charge on any atom is 0.327 e. The lowest BCUT2D eigenvalue weighted by Crippen LogP contribution is -2.15. The van der Waals surface area contributed by atoms with Crippen LogP contribution >= 0.6 is 0 Å². The maximum absolute atomic E-state index is 11.8. The second kappa shape index (κ2) is 6.83. The van der Waals surface area contributed by atoms with E-state index >= 15 is 0 Å². The molecule has 0 amide bonds. The molecule has 0 saturated heterocycles. The Labute approximate surface area is 133 Å². The lowest BCUT2D eigenvalue weighted by Gasteiger charge is -2.09. The van der Waals surface area contributed by atoms with Crippen LogP contribution in [-0.4, -0.2) is 32.3 Å². The smallest absolute Gasteiger partial charge is 0.327 e. The van der Waals surface area contributed by atoms with Gasteiger partial charge >= 0.3 is 5.97 Å². The molecule has 23 heavy (non-hydrogen) atoms. The number of carbonyl (C=O) groups excluding carboxylic acids is 1. The van der Waals surface area contributed by atoms with E-state index in [1.54, 1.807) is 30.2 Å². The van der Waals surface area contributed by atoms with Gasteiger partial charge in [0.1, 0.15) is 6.54 Å². The van der Waals surface area contributed by atoms with Gasteiger partial charge in [0.2, 0.25) is 0 Å². The van der Waals surface area contributed by atoms with Crippen molar-refractivity contribution < 1.29 is 9.53 Å². The van der Waals surface area contributed by atoms with Crippen LogP contribution in [0.5, 0.6) is 0 Å². The third-order valence-corrected chi connectivity index (χ3v) is 3.27. The van der Waals surface area contributed by atoms with Crippen LogP contribution in [0.4, 0.5) is 0 Å². The predicted octanol–water partition coefficient (Wildman–Crippen LogP) is 2.57. The first-order chi connectivity index (χ1) is 11.3. The number of carbonyl (C=O) groups is 1. The Morgan fingerprint density at radius 3 is 2.39 bits per heavy atom. The van der Waals surface area contributed by atoms with Gasteiger partial charge in [-0.1, -0.05) is 12.1 Å². The van der Waals surface area contributed by atoms with Crippen molar-refractivity contribution in [1.29, 1.82) is 0 Å². The van der Waals surface area contributed by atoms with E-state index < -0.39 is 0 Å². The normalized spacial score (nSPS) is 10.5. The number of esters is 1. The first kappa shape index (κ1) is 14.9. The van der Waals surface area contributed by atoms with Crippen LogP contribution in [0, 0.1) is 0 Å². The van der Waals surface area contributed by atoms with Crippen molar-refractivity contribution in [2.45, 2.75) is 13.5 Å². The van der Waals surface area contributed by atoms with Crippen LogP contribution in [0.2, 0.25) is 0 Å². The van der Waals surface area contributed by atoms with Crippen molar-refractivity contribution >= 4 is 5.97 Å². The molecule has 3 aromatic rings. The molecule has 0 spiro atoms. The molecule has 0 aromatic carbocycles. The van der Waals surface area contributed by atoms with Gasteiger partial charge in [-0.2, -0.15) is 5.10 Å². The molecule has 0 aliphatic carbocycles. The molecule has 116 valence electrons. The molecule has 0 radical (unpaired) electrons. The first-order valence-electron chi connectivity index (χ1n) is 7.34. The molecule has 3 heterocycles. The average molecular weight is 308 g/mol. The zero-order valence-electron chi connectivity index (χ0n) is 12.7. The fourth-order valence-electron chi connectivity index (χ4n) is 2.32. The number of hydrogen-bond donors (Lipinski definition) is 0. The number of ether oxygens (including phenoxy) is 1. The maximum atomic E-state index is 11.8. The van der Waals surface area contributed by atoms with Gasteiger partial charge in [-0.05, 0) is 31.2 Å². The largest absolute Gasteiger partial charge is 0.465 e. The average Bonchev–Trinajstić information content (AvgIpc) is 3.00. The SMILES string of the molecule is CCOC(=O)Cn1ncc(-c2ccccn2)c1-c1ccccn1. The van der Waals surface area contributed by atoms with E-state index in [1.165, 1.54) is 0 Å². The van der Waals surface area contributed by atoms with Crippen molar-refractivity contribution in [3.8, 4) is 22.6 Å². The van der Waals surface area contributed by atoms with Crippen molar-refractivity contribution in [2.75, 3.05) is 6.61 Å². The third-order valence-electron chi connectivity index (χ3n) is 3.27. The molecule has 3 rings (SSSR count). The zero-order valence-corrected chi connectivity index (χ0v) is 12.7. The second-order valence-corrected chi connectivity index (χ2v) is 4.80. The van der Waals surface area contributed by atoms with Gasteiger partial charge in [0.05, 0.1) is 29.9 Å². The van der Waals surface area contributed by atoms with Crippen molar-refractivity contribution in [3.05, 3.63) is 55.0 Å². The predicted molar refractivity (Wildman–Crippen MR) is 85.3 cm³/mol. The standard InChI is InChI=1S/C17H16N4O2/c1-2-23-16(22)12-21-17(15-8-4-6-10-19-15)13(11-20-21)14-7-3-5-9-18-14/h3-11H,2,12H2,1H3. The number of hydrogen-bond acceptors (Lipinski definition) is 5. The molecule has 0 N–H and O–H groups in total. The van der Waals surface area contributed by atoms with Crippen LogP contribution in [0.15, 0.2) is 55.0 Å². The summed E-state index contributed by atoms with van der Waals surface area (Å²) in [6.45, 7) is 2.15. The van der Waals surface area contributed by atoms with E-state index in [2.05, 4.69) is 15.1 Å². The van der Waals surface area contributed by atoms with E-state index in [9.17, 15) is 4.79 Å². The van der Waals surface area contributed by atoms with Gasteiger partial charge in [0.15, 0.2) is 0 Å². The fraction of sp³-hybridized carbons (Fsp3) is 0.176. The third kappa shape index (κ3) is 3.26. The van der Waals surface area contributed by atoms with Gasteiger partial charge in [0, 0.05) is 18.0 Å². The highest BCUT2D eigenvalue weighted by Gasteiger charge is 2.18. The lowest BCUT2D eigenvalue weighted by atomic mass is 10.1. The summed E-state index contributed by atoms with van der Waals surface area (Å²) in [4.78, 5) is 20.6. The molecule has 0 bridgehead atoms. The van der Waals surface area contributed by atoms with Gasteiger partial charge in [-0.25, -0.2) is 0 Å². The second-order valence-electron chi connectivity index (χ2n) is 4.80. The van der Waals surface area contributed by atoms with E-state index in [-0.39, 0.29) is 12.5 Å². The summed E-state index contributed by atoms with van der Waals surface area (Å²) >= 11 is 0. The Kier molecular flexibility index (Phi) is 4.42. The Hall–Kier alpha value is -3.02. The summed E-state index contributed by atoms with van der Waals surface area (Å²) in [5.74, 6) is -0.333. The Balaban J connectivity index is 2.07. The van der Waals surface area contributed by atoms with Gasteiger partial charge in [-0.15, -0.1) is 0 Å². The molecule has 0 atom stereocenters. The Bertz CT molecular complexity index is 785. The molecule has 0 fully saturated rings. The highest BCUT2D eigenvalue weighted by Crippen LogP contribution is 2.29. The minimum Gasteiger partial charge on any atom is -0.465 e. The molecule has 6 nitrogen and oxygen atoms in total. The van der Waals surface area contributed by atoms with E-state index in [0.717, 1.165) is 22.6 Å². The van der Waals surface area contributed by atoms with E-state index in [0.29, 0.717) is 6.61 Å². The van der Waals surface area contributed by atoms with Crippen molar-refractivity contribution in [3.63, 3.8) is 0 Å². The summed E-state index contributed by atoms with van der Waals surface area (Å²) in [6.07, 6.45) is 5.13. The van der Waals surface area contributed by atoms with E-state index in [1.807, 2.05) is 36.4 Å². The number of aromatic nitrogens is 4. The quantitative estimate of drug-likeness (QED) is 0.678. The van der Waals surface area contributed by atoms with Crippen LogP contribution in [-0.2, 0) is 16.1 Å². The van der Waals surface area contributed by atoms with Crippen LogP contribution < -0.4 is 0 Å². The summed E-state index contributed by atoms with van der Waals surface area (Å²) in [7, 11) is 0. The number of pyridine rings is 2. The van der Waals surface area contributed by atoms with E-state index in [4.69, 9.17) is 4.74 Å². The molecule has 0 unspecified atom stereocenters. The molecule has 3 aromatic heterocycles. The topological polar surface area (TPSA) is 69.9 Å². The van der Waals surface area contributed by atoms with Crippen LogP contribution in [0.25, 0.3) is 22.6 Å². The molecule has 0 aliphatic heterocycles. The summed E-state index contributed by atoms with van der Waals surface area (Å²) < 4.78 is 6.62. The molecule has 0 aliphatic rings. The molecular formula is C17H16N4O2. The van der Waals surface area contributed by atoms with Crippen LogP contribution in [0.1, 0.15) is 6.92 Å². The molecule has 6 heteroatoms. The van der Waals surface area contributed by atoms with Gasteiger partial charge < -0.3 is 4.74 Å². The first-order valence-corrected chi connectivity index (χ1v) is 7.34. The monoisotopic (exact) mass is 308 g/mol. The van der Waals surface area contributed by atoms with Crippen LogP contribution in [0.3, 0.4) is 0 Å². The summed E-state index contributed by atoms with van der Waals surface area (Å²) in [5, 5.41) is 4.33. The lowest BCUT2D eigenvalue weighted by molar-refractivity contribution is -0.144. The van der Waals surface area contributed by atoms with Crippen molar-refractivity contribution in [2.24, 2.45) is 0 Å². The minimum atomic E-state index is -0.333. The van der Waals surface area contributed by atoms with Gasteiger partial charge in [-0.3, -0.25) is 19.4 Å². The molecule has 0 saturated carbocycles. The Morgan fingerprint density at radius 1 is 1.09 bits per heavy atom. The highest BCUT2D eigenvalue weighted by molar-refractivity contribution is 5.78. The molecular weight excluding hydrogens is 292 g/mol. The van der Waals surface area contributed by atoms with Crippen molar-refractivity contribution in [1.82, 2.24) is 19.7 Å². The minimum absolute atomic E-state index is 0.0343. The summed E-state index contributed by atoms with van der Waals surface area (Å²) in [6, 6.07) is 11.3. The highest BCUT2D eigenvalue weighted by atomic mass is 16.5. The summed E-state index contributed by atoms with van der Waals surface area (Å²) in [5.41, 5.74) is 3.09. The fourth-order valence-corrected chi connectivity index (χ4v) is 2.32. The zero-order chi connectivity index (χ0) is 16.1. The number of nitrogens with zero attached hydrogens (tertiary/aromatic N) is 4. The number of rotatable bonds is 5. The van der Waals surface area contributed by atoms with Gasteiger partial charge in [0.25, 0.3) is 0 Å².